The van der Waals surface area contributed by atoms with Crippen molar-refractivity contribution in [2.75, 3.05) is 19.7 Å². The normalized spacial score (nSPS) is 15.7. The number of H-pyrrole nitrogens is 1. The monoisotopic (exact) mass is 419 g/mol. The van der Waals surface area contributed by atoms with Crippen LogP contribution in [-0.4, -0.2) is 47.5 Å². The summed E-state index contributed by atoms with van der Waals surface area (Å²) in [7, 11) is 0. The van der Waals surface area contributed by atoms with E-state index in [9.17, 15) is 9.59 Å². The lowest BCUT2D eigenvalue weighted by Crippen LogP contribution is -2.40. The first-order chi connectivity index (χ1) is 15.0. The molecule has 2 amide bonds. The Morgan fingerprint density at radius 1 is 1.16 bits per heavy atom. The average molecular weight is 420 g/mol. The Labute approximate surface area is 182 Å². The summed E-state index contributed by atoms with van der Waals surface area (Å²) in [5.41, 5.74) is 4.69. The van der Waals surface area contributed by atoms with Crippen LogP contribution in [0.4, 0.5) is 0 Å². The minimum atomic E-state index is -0.296. The molecule has 162 valence electrons. The van der Waals surface area contributed by atoms with Crippen LogP contribution in [0.2, 0.25) is 0 Å². The zero-order valence-electron chi connectivity index (χ0n) is 18.3. The van der Waals surface area contributed by atoms with Gasteiger partial charge in [0.2, 0.25) is 5.91 Å². The summed E-state index contributed by atoms with van der Waals surface area (Å²) in [4.78, 5) is 31.1. The minimum absolute atomic E-state index is 0.0160. The van der Waals surface area contributed by atoms with Gasteiger partial charge in [0.05, 0.1) is 12.1 Å². The number of rotatable bonds is 8. The molecule has 0 spiro atoms. The van der Waals surface area contributed by atoms with E-state index < -0.39 is 0 Å². The molecule has 6 nitrogen and oxygen atoms in total. The quantitative estimate of drug-likeness (QED) is 0.543. The summed E-state index contributed by atoms with van der Waals surface area (Å²) in [6.07, 6.45) is 0.917. The predicted octanol–water partition coefficient (Wildman–Crippen LogP) is 3.95. The molecule has 0 bridgehead atoms. The molecular weight excluding hydrogens is 390 g/mol. The van der Waals surface area contributed by atoms with Gasteiger partial charge in [-0.1, -0.05) is 36.4 Å². The van der Waals surface area contributed by atoms with Gasteiger partial charge in [0.1, 0.15) is 6.54 Å². The lowest BCUT2D eigenvalue weighted by Gasteiger charge is -2.25. The number of hydrogen-bond donors (Lipinski definition) is 2. The van der Waals surface area contributed by atoms with E-state index in [4.69, 9.17) is 4.74 Å². The van der Waals surface area contributed by atoms with E-state index in [1.807, 2.05) is 63.2 Å². The van der Waals surface area contributed by atoms with Gasteiger partial charge in [-0.3, -0.25) is 9.59 Å². The number of aryl methyl sites for hydroxylation is 1. The molecule has 3 aromatic rings. The molecule has 1 aliphatic heterocycles. The van der Waals surface area contributed by atoms with Crippen molar-refractivity contribution < 1.29 is 14.3 Å². The van der Waals surface area contributed by atoms with Crippen LogP contribution in [0.5, 0.6) is 0 Å². The third-order valence-corrected chi connectivity index (χ3v) is 5.68. The van der Waals surface area contributed by atoms with Crippen molar-refractivity contribution in [3.63, 3.8) is 0 Å². The third-order valence-electron chi connectivity index (χ3n) is 5.68. The molecule has 1 aliphatic rings. The fraction of sp³-hybridized carbons (Fsp3) is 0.360. The van der Waals surface area contributed by atoms with E-state index in [1.165, 1.54) is 0 Å². The molecule has 0 saturated heterocycles. The second-order valence-electron chi connectivity index (χ2n) is 8.26. The first-order valence-electron chi connectivity index (χ1n) is 10.8. The standard InChI is InChI=1S/C25H29N3O3/c1-16(2)31-14-8-13-26-22(29)15-28-24(18-9-4-5-10-19(18)25(28)30)23-17(3)27-21-12-7-6-11-20(21)23/h4-7,9-12,16,24,27H,8,13-15H2,1-3H3,(H,26,29)/t24-/m1/s1. The van der Waals surface area contributed by atoms with Gasteiger partial charge in [-0.2, -0.15) is 0 Å². The van der Waals surface area contributed by atoms with Crippen molar-refractivity contribution in [2.45, 2.75) is 39.3 Å². The van der Waals surface area contributed by atoms with E-state index in [2.05, 4.69) is 16.4 Å². The highest BCUT2D eigenvalue weighted by Gasteiger charge is 2.40. The molecule has 1 aromatic heterocycles. The van der Waals surface area contributed by atoms with Gasteiger partial charge >= 0.3 is 0 Å². The minimum Gasteiger partial charge on any atom is -0.379 e. The van der Waals surface area contributed by atoms with E-state index in [1.54, 1.807) is 4.90 Å². The number of aromatic amines is 1. The maximum absolute atomic E-state index is 13.3. The Bertz CT molecular complexity index is 1100. The largest absolute Gasteiger partial charge is 0.379 e. The summed E-state index contributed by atoms with van der Waals surface area (Å²) in [5, 5.41) is 4.00. The molecule has 2 aromatic carbocycles. The highest BCUT2D eigenvalue weighted by atomic mass is 16.5. The van der Waals surface area contributed by atoms with Crippen LogP contribution in [0.3, 0.4) is 0 Å². The zero-order chi connectivity index (χ0) is 22.0. The highest BCUT2D eigenvalue weighted by Crippen LogP contribution is 2.42. The van der Waals surface area contributed by atoms with Crippen molar-refractivity contribution in [3.05, 3.63) is 70.9 Å². The molecule has 0 aliphatic carbocycles. The number of aromatic nitrogens is 1. The van der Waals surface area contributed by atoms with Crippen molar-refractivity contribution in [1.29, 1.82) is 0 Å². The summed E-state index contributed by atoms with van der Waals surface area (Å²) >= 11 is 0. The first-order valence-corrected chi connectivity index (χ1v) is 10.8. The number of ether oxygens (including phenoxy) is 1. The maximum Gasteiger partial charge on any atom is 0.255 e. The number of carbonyl (C=O) groups excluding carboxylic acids is 2. The molecule has 0 radical (unpaired) electrons. The molecule has 6 heteroatoms. The first kappa shape index (κ1) is 21.1. The summed E-state index contributed by atoms with van der Waals surface area (Å²) in [5.74, 6) is -0.267. The number of fused-ring (bicyclic) bond motifs is 2. The fourth-order valence-corrected chi connectivity index (χ4v) is 4.32. The van der Waals surface area contributed by atoms with E-state index in [0.717, 1.165) is 34.1 Å². The van der Waals surface area contributed by atoms with Gasteiger partial charge in [-0.25, -0.2) is 0 Å². The third kappa shape index (κ3) is 4.21. The summed E-state index contributed by atoms with van der Waals surface area (Å²) in [6.45, 7) is 7.14. The van der Waals surface area contributed by atoms with Crippen molar-refractivity contribution in [1.82, 2.24) is 15.2 Å². The smallest absolute Gasteiger partial charge is 0.255 e. The van der Waals surface area contributed by atoms with Gasteiger partial charge in [0, 0.05) is 40.9 Å². The average Bonchev–Trinajstić information content (AvgIpc) is 3.21. The van der Waals surface area contributed by atoms with Crippen LogP contribution in [-0.2, 0) is 9.53 Å². The molecule has 0 saturated carbocycles. The molecule has 0 fully saturated rings. The van der Waals surface area contributed by atoms with E-state index in [0.29, 0.717) is 18.7 Å². The van der Waals surface area contributed by atoms with Crippen LogP contribution in [0.15, 0.2) is 48.5 Å². The van der Waals surface area contributed by atoms with Crippen LogP contribution in [0, 0.1) is 6.92 Å². The molecule has 2 N–H and O–H groups in total. The second-order valence-corrected chi connectivity index (χ2v) is 8.26. The number of hydrogen-bond acceptors (Lipinski definition) is 3. The van der Waals surface area contributed by atoms with Gasteiger partial charge in [-0.15, -0.1) is 0 Å². The summed E-state index contributed by atoms with van der Waals surface area (Å²) < 4.78 is 5.52. The Hall–Kier alpha value is -3.12. The Kier molecular flexibility index (Phi) is 6.09. The molecule has 31 heavy (non-hydrogen) atoms. The lowest BCUT2D eigenvalue weighted by atomic mass is 9.95. The van der Waals surface area contributed by atoms with Crippen molar-refractivity contribution in [3.8, 4) is 0 Å². The van der Waals surface area contributed by atoms with Gasteiger partial charge < -0.3 is 19.9 Å². The Morgan fingerprint density at radius 2 is 1.90 bits per heavy atom. The van der Waals surface area contributed by atoms with E-state index >= 15 is 0 Å². The van der Waals surface area contributed by atoms with Crippen LogP contribution >= 0.6 is 0 Å². The van der Waals surface area contributed by atoms with E-state index in [-0.39, 0.29) is 30.5 Å². The fourth-order valence-electron chi connectivity index (χ4n) is 4.32. The maximum atomic E-state index is 13.3. The topological polar surface area (TPSA) is 74.4 Å². The number of para-hydroxylation sites is 1. The lowest BCUT2D eigenvalue weighted by molar-refractivity contribution is -0.122. The number of benzene rings is 2. The zero-order valence-corrected chi connectivity index (χ0v) is 18.3. The number of nitrogens with one attached hydrogen (secondary N) is 2. The molecule has 1 atom stereocenters. The molecule has 0 unspecified atom stereocenters. The van der Waals surface area contributed by atoms with Crippen molar-refractivity contribution in [2.24, 2.45) is 0 Å². The molecular formula is C25H29N3O3. The second kappa shape index (κ2) is 8.94. The highest BCUT2D eigenvalue weighted by molar-refractivity contribution is 6.02. The predicted molar refractivity (Wildman–Crippen MR) is 121 cm³/mol. The summed E-state index contributed by atoms with van der Waals surface area (Å²) in [6, 6.07) is 15.4. The number of amides is 2. The van der Waals surface area contributed by atoms with Crippen LogP contribution in [0.1, 0.15) is 53.5 Å². The van der Waals surface area contributed by atoms with Gasteiger partial charge in [-0.05, 0) is 44.9 Å². The van der Waals surface area contributed by atoms with Crippen LogP contribution in [0.25, 0.3) is 10.9 Å². The number of carbonyl (C=O) groups is 2. The molecule has 2 heterocycles. The van der Waals surface area contributed by atoms with Crippen LogP contribution < -0.4 is 5.32 Å². The van der Waals surface area contributed by atoms with Gasteiger partial charge in [0.15, 0.2) is 0 Å². The Balaban J connectivity index is 1.59. The van der Waals surface area contributed by atoms with Crippen molar-refractivity contribution >= 4 is 22.7 Å². The Morgan fingerprint density at radius 3 is 2.71 bits per heavy atom. The van der Waals surface area contributed by atoms with Gasteiger partial charge in [0.25, 0.3) is 5.91 Å². The SMILES string of the molecule is Cc1[nH]c2ccccc2c1[C@H]1c2ccccc2C(=O)N1CC(=O)NCCCOC(C)C. The number of nitrogens with zero attached hydrogens (tertiary/aromatic N) is 1. The molecule has 4 rings (SSSR count).